The topological polar surface area (TPSA) is 102 Å². The van der Waals surface area contributed by atoms with Gasteiger partial charge < -0.3 is 14.6 Å². The molecule has 3 rings (SSSR count). The van der Waals surface area contributed by atoms with E-state index in [4.69, 9.17) is 9.26 Å². The maximum absolute atomic E-state index is 13.1. The molecule has 0 radical (unpaired) electrons. The molecule has 0 saturated carbocycles. The number of carbonyl (C=O) groups excluding carboxylic acids is 1. The summed E-state index contributed by atoms with van der Waals surface area (Å²) in [6.45, 7) is 9.15. The molecule has 1 aliphatic heterocycles. The molecule has 158 valence electrons. The monoisotopic (exact) mass is 421 g/mol. The molecule has 1 aromatic carbocycles. The maximum Gasteiger partial charge on any atom is 0.256 e. The molecule has 29 heavy (non-hydrogen) atoms. The smallest absolute Gasteiger partial charge is 0.256 e. The minimum Gasteiger partial charge on any atom is -0.379 e. The second-order valence-corrected chi connectivity index (χ2v) is 9.88. The Balaban J connectivity index is 1.88. The van der Waals surface area contributed by atoms with Gasteiger partial charge in [0.1, 0.15) is 5.76 Å². The van der Waals surface area contributed by atoms with E-state index in [1.165, 1.54) is 10.4 Å². The van der Waals surface area contributed by atoms with Gasteiger partial charge in [0.2, 0.25) is 10.0 Å². The normalized spacial score (nSPS) is 16.0. The maximum atomic E-state index is 13.1. The predicted octanol–water partition coefficient (Wildman–Crippen LogP) is 2.81. The van der Waals surface area contributed by atoms with Crippen LogP contribution >= 0.6 is 0 Å². The fourth-order valence-electron chi connectivity index (χ4n) is 3.03. The average molecular weight is 422 g/mol. The van der Waals surface area contributed by atoms with Crippen molar-refractivity contribution in [1.29, 1.82) is 0 Å². The van der Waals surface area contributed by atoms with Gasteiger partial charge in [0.25, 0.3) is 5.91 Å². The summed E-state index contributed by atoms with van der Waals surface area (Å²) in [7, 11) is -3.71. The molecular formula is C20H27N3O5S. The van der Waals surface area contributed by atoms with Crippen LogP contribution in [0.15, 0.2) is 33.7 Å². The number of nitrogens with one attached hydrogen (secondary N) is 1. The summed E-state index contributed by atoms with van der Waals surface area (Å²) in [4.78, 5) is 12.9. The molecule has 1 aromatic heterocycles. The number of carbonyl (C=O) groups is 1. The lowest BCUT2D eigenvalue weighted by molar-refractivity contribution is 0.0730. The van der Waals surface area contributed by atoms with E-state index >= 15 is 0 Å². The highest BCUT2D eigenvalue weighted by atomic mass is 32.2. The molecule has 0 bridgehead atoms. The number of anilines is 1. The summed E-state index contributed by atoms with van der Waals surface area (Å²) in [5.74, 6) is 0.488. The van der Waals surface area contributed by atoms with Crippen LogP contribution in [0.1, 0.15) is 49.4 Å². The number of aromatic nitrogens is 1. The lowest BCUT2D eigenvalue weighted by atomic mass is 9.93. The van der Waals surface area contributed by atoms with E-state index in [-0.39, 0.29) is 21.7 Å². The Kier molecular flexibility index (Phi) is 6.11. The van der Waals surface area contributed by atoms with Crippen molar-refractivity contribution in [2.45, 2.75) is 44.4 Å². The van der Waals surface area contributed by atoms with Gasteiger partial charge in [0, 0.05) is 30.1 Å². The van der Waals surface area contributed by atoms with Gasteiger partial charge in [-0.05, 0) is 24.1 Å². The number of rotatable bonds is 5. The number of aryl methyl sites for hydroxylation is 1. The van der Waals surface area contributed by atoms with Gasteiger partial charge >= 0.3 is 0 Å². The van der Waals surface area contributed by atoms with E-state index in [9.17, 15) is 13.2 Å². The second kappa shape index (κ2) is 8.25. The largest absolute Gasteiger partial charge is 0.379 e. The molecule has 8 nitrogen and oxygen atoms in total. The highest BCUT2D eigenvalue weighted by molar-refractivity contribution is 7.89. The summed E-state index contributed by atoms with van der Waals surface area (Å²) in [5, 5.41) is 6.55. The van der Waals surface area contributed by atoms with Crippen molar-refractivity contribution < 1.29 is 22.5 Å². The number of ether oxygens (including phenoxy) is 1. The highest BCUT2D eigenvalue weighted by Gasteiger charge is 2.29. The summed E-state index contributed by atoms with van der Waals surface area (Å²) in [6.07, 6.45) is 0.541. The van der Waals surface area contributed by atoms with Gasteiger partial charge in [-0.1, -0.05) is 38.9 Å². The molecule has 0 aliphatic carbocycles. The van der Waals surface area contributed by atoms with Crippen LogP contribution < -0.4 is 5.32 Å². The number of benzene rings is 1. The first-order valence-electron chi connectivity index (χ1n) is 9.62. The number of morpholine rings is 1. The summed E-state index contributed by atoms with van der Waals surface area (Å²) in [6, 6.07) is 6.41. The first kappa shape index (κ1) is 21.5. The van der Waals surface area contributed by atoms with E-state index in [1.54, 1.807) is 18.2 Å². The van der Waals surface area contributed by atoms with Gasteiger partial charge in [-0.25, -0.2) is 8.42 Å². The molecule has 1 fully saturated rings. The average Bonchev–Trinajstić information content (AvgIpc) is 3.17. The standard InChI is InChI=1S/C20H27N3O5S/c1-5-14-6-7-15(12-16(14)29(25,26)23-8-10-27-11-9-23)19(24)21-18-13-17(28-22-18)20(2,3)4/h6-7,12-13H,5,8-11H2,1-4H3,(H,21,22,24). The molecule has 9 heteroatoms. The first-order valence-corrected chi connectivity index (χ1v) is 11.1. The molecule has 1 aliphatic rings. The molecule has 0 atom stereocenters. The van der Waals surface area contributed by atoms with Crippen LogP contribution in [0, 0.1) is 0 Å². The van der Waals surface area contributed by atoms with Gasteiger partial charge in [-0.2, -0.15) is 4.31 Å². The van der Waals surface area contributed by atoms with Crippen LogP contribution in [0.2, 0.25) is 0 Å². The van der Waals surface area contributed by atoms with E-state index in [0.29, 0.717) is 44.0 Å². The Hall–Kier alpha value is -2.23. The Morgan fingerprint density at radius 3 is 2.48 bits per heavy atom. The van der Waals surface area contributed by atoms with E-state index in [0.717, 1.165) is 0 Å². The minimum atomic E-state index is -3.71. The second-order valence-electron chi connectivity index (χ2n) is 7.97. The third-order valence-electron chi connectivity index (χ3n) is 4.79. The number of hydrogen-bond acceptors (Lipinski definition) is 6. The van der Waals surface area contributed by atoms with E-state index in [2.05, 4.69) is 10.5 Å². The zero-order valence-electron chi connectivity index (χ0n) is 17.2. The van der Waals surface area contributed by atoms with Crippen LogP contribution in [0.3, 0.4) is 0 Å². The fraction of sp³-hybridized carbons (Fsp3) is 0.500. The Morgan fingerprint density at radius 1 is 1.21 bits per heavy atom. The van der Waals surface area contributed by atoms with Crippen LogP contribution in [0.4, 0.5) is 5.82 Å². The van der Waals surface area contributed by atoms with Crippen molar-refractivity contribution in [1.82, 2.24) is 9.46 Å². The van der Waals surface area contributed by atoms with Crippen LogP contribution in [0.25, 0.3) is 0 Å². The van der Waals surface area contributed by atoms with E-state index < -0.39 is 15.9 Å². The van der Waals surface area contributed by atoms with E-state index in [1.807, 2.05) is 27.7 Å². The Morgan fingerprint density at radius 2 is 1.90 bits per heavy atom. The van der Waals surface area contributed by atoms with Gasteiger partial charge in [-0.15, -0.1) is 0 Å². The lowest BCUT2D eigenvalue weighted by Gasteiger charge is -2.27. The molecule has 1 amide bonds. The van der Waals surface area contributed by atoms with Crippen molar-refractivity contribution in [3.05, 3.63) is 41.2 Å². The summed E-state index contributed by atoms with van der Waals surface area (Å²) >= 11 is 0. The molecule has 0 unspecified atom stereocenters. The molecule has 2 heterocycles. The summed E-state index contributed by atoms with van der Waals surface area (Å²) < 4.78 is 38.2. The third-order valence-corrected chi connectivity index (χ3v) is 6.77. The lowest BCUT2D eigenvalue weighted by Crippen LogP contribution is -2.41. The zero-order valence-corrected chi connectivity index (χ0v) is 18.0. The quantitative estimate of drug-likeness (QED) is 0.797. The molecule has 2 aromatic rings. The Labute approximate surface area is 171 Å². The zero-order chi connectivity index (χ0) is 21.2. The summed E-state index contributed by atoms with van der Waals surface area (Å²) in [5.41, 5.74) is 0.678. The van der Waals surface area contributed by atoms with Crippen LogP contribution in [-0.4, -0.2) is 50.1 Å². The molecule has 1 N–H and O–H groups in total. The number of amides is 1. The minimum absolute atomic E-state index is 0.157. The van der Waals surface area contributed by atoms with Gasteiger partial charge in [-0.3, -0.25) is 4.79 Å². The molecular weight excluding hydrogens is 394 g/mol. The highest BCUT2D eigenvalue weighted by Crippen LogP contribution is 2.26. The van der Waals surface area contributed by atoms with Crippen LogP contribution in [-0.2, 0) is 26.6 Å². The van der Waals surface area contributed by atoms with Gasteiger partial charge in [0.15, 0.2) is 5.82 Å². The number of nitrogens with zero attached hydrogens (tertiary/aromatic N) is 2. The van der Waals surface area contributed by atoms with Crippen molar-refractivity contribution >= 4 is 21.7 Å². The predicted molar refractivity (Wildman–Crippen MR) is 109 cm³/mol. The van der Waals surface area contributed by atoms with Crippen molar-refractivity contribution in [3.63, 3.8) is 0 Å². The molecule has 1 saturated heterocycles. The van der Waals surface area contributed by atoms with Crippen LogP contribution in [0.5, 0.6) is 0 Å². The molecule has 0 spiro atoms. The van der Waals surface area contributed by atoms with Crippen molar-refractivity contribution in [2.75, 3.05) is 31.6 Å². The number of sulfonamides is 1. The van der Waals surface area contributed by atoms with Gasteiger partial charge in [0.05, 0.1) is 18.1 Å². The van der Waals surface area contributed by atoms with Crippen molar-refractivity contribution in [2.24, 2.45) is 0 Å². The number of hydrogen-bond donors (Lipinski definition) is 1. The SMILES string of the molecule is CCc1ccc(C(=O)Nc2cc(C(C)(C)C)on2)cc1S(=O)(=O)N1CCOCC1. The third kappa shape index (κ3) is 4.68. The first-order chi connectivity index (χ1) is 13.6. The van der Waals surface area contributed by atoms with Crippen molar-refractivity contribution in [3.8, 4) is 0 Å². The Bertz CT molecular complexity index is 986. The fourth-order valence-corrected chi connectivity index (χ4v) is 4.76.